The fourth-order valence-electron chi connectivity index (χ4n) is 3.74. The number of ether oxygens (including phenoxy) is 1. The van der Waals surface area contributed by atoms with Gasteiger partial charge in [0.15, 0.2) is 8.32 Å². The standard InChI is InChI=1S/C24H41NO4Si/c1-22(2,3)28-21(27)25-17-20(29-30(7,8)23(4,5)6)16-24(25,18-26)15-14-19-12-10-9-11-13-19/h9-13,20,26H,14-18H2,1-8H3. The van der Waals surface area contributed by atoms with Crippen LogP contribution in [0.1, 0.15) is 59.9 Å². The second kappa shape index (κ2) is 9.01. The molecule has 0 aliphatic carbocycles. The fraction of sp³-hybridized carbons (Fsp3) is 0.708. The van der Waals surface area contributed by atoms with E-state index in [2.05, 4.69) is 46.0 Å². The maximum Gasteiger partial charge on any atom is 0.410 e. The monoisotopic (exact) mass is 435 g/mol. The van der Waals surface area contributed by atoms with Gasteiger partial charge in [-0.2, -0.15) is 0 Å². The lowest BCUT2D eigenvalue weighted by Crippen LogP contribution is -2.51. The van der Waals surface area contributed by atoms with Gasteiger partial charge in [-0.25, -0.2) is 4.79 Å². The average molecular weight is 436 g/mol. The number of hydrogen-bond acceptors (Lipinski definition) is 4. The summed E-state index contributed by atoms with van der Waals surface area (Å²) >= 11 is 0. The molecule has 2 unspecified atom stereocenters. The summed E-state index contributed by atoms with van der Waals surface area (Å²) in [6.07, 6.45) is 1.62. The number of benzene rings is 1. The Morgan fingerprint density at radius 3 is 2.27 bits per heavy atom. The summed E-state index contributed by atoms with van der Waals surface area (Å²) in [7, 11) is -2.00. The van der Waals surface area contributed by atoms with E-state index in [9.17, 15) is 9.90 Å². The zero-order chi connectivity index (χ0) is 22.8. The lowest BCUT2D eigenvalue weighted by atomic mass is 9.89. The third kappa shape index (κ3) is 6.08. The first-order valence-corrected chi connectivity index (χ1v) is 13.9. The van der Waals surface area contributed by atoms with Crippen LogP contribution in [0, 0.1) is 0 Å². The SMILES string of the molecule is CC(C)(C)OC(=O)N1CC(O[Si](C)(C)C(C)(C)C)CC1(CO)CCc1ccccc1. The Morgan fingerprint density at radius 1 is 1.17 bits per heavy atom. The van der Waals surface area contributed by atoms with E-state index in [4.69, 9.17) is 9.16 Å². The van der Waals surface area contributed by atoms with Crippen LogP contribution < -0.4 is 0 Å². The summed E-state index contributed by atoms with van der Waals surface area (Å²) in [5.41, 5.74) is -0.0652. The van der Waals surface area contributed by atoms with Crippen LogP contribution in [0.25, 0.3) is 0 Å². The maximum atomic E-state index is 13.1. The molecule has 2 rings (SSSR count). The van der Waals surface area contributed by atoms with Gasteiger partial charge in [0.25, 0.3) is 0 Å². The third-order valence-corrected chi connectivity index (χ3v) is 11.0. The minimum Gasteiger partial charge on any atom is -0.444 e. The molecule has 170 valence electrons. The van der Waals surface area contributed by atoms with Crippen LogP contribution in [0.2, 0.25) is 18.1 Å². The molecule has 0 bridgehead atoms. The molecule has 0 spiro atoms. The second-order valence-corrected chi connectivity index (χ2v) is 15.9. The van der Waals surface area contributed by atoms with Gasteiger partial charge in [0, 0.05) is 6.54 Å². The Bertz CT molecular complexity index is 708. The van der Waals surface area contributed by atoms with Crippen molar-refractivity contribution in [2.45, 2.75) is 96.2 Å². The number of amides is 1. The number of nitrogens with zero attached hydrogens (tertiary/aromatic N) is 1. The lowest BCUT2D eigenvalue weighted by Gasteiger charge is -2.38. The predicted octanol–water partition coefficient (Wildman–Crippen LogP) is 5.38. The number of aryl methyl sites for hydroxylation is 1. The van der Waals surface area contributed by atoms with Gasteiger partial charge in [-0.1, -0.05) is 51.1 Å². The number of likely N-dealkylation sites (tertiary alicyclic amines) is 1. The molecule has 0 aromatic heterocycles. The van der Waals surface area contributed by atoms with E-state index in [1.54, 1.807) is 4.90 Å². The van der Waals surface area contributed by atoms with E-state index in [1.807, 2.05) is 39.0 Å². The summed E-state index contributed by atoms with van der Waals surface area (Å²) < 4.78 is 12.4. The number of carbonyl (C=O) groups is 1. The number of rotatable bonds is 6. The molecule has 1 aliphatic heterocycles. The quantitative estimate of drug-likeness (QED) is 0.609. The summed E-state index contributed by atoms with van der Waals surface area (Å²) in [6, 6.07) is 10.2. The van der Waals surface area contributed by atoms with Crippen molar-refractivity contribution in [2.75, 3.05) is 13.2 Å². The highest BCUT2D eigenvalue weighted by Gasteiger charge is 2.51. The fourth-order valence-corrected chi connectivity index (χ4v) is 5.09. The first-order valence-electron chi connectivity index (χ1n) is 11.0. The highest BCUT2D eigenvalue weighted by Crippen LogP contribution is 2.42. The van der Waals surface area contributed by atoms with Gasteiger partial charge in [-0.05, 0) is 63.7 Å². The van der Waals surface area contributed by atoms with Gasteiger partial charge in [-0.15, -0.1) is 0 Å². The Kier molecular flexibility index (Phi) is 7.48. The van der Waals surface area contributed by atoms with E-state index in [0.29, 0.717) is 19.4 Å². The molecule has 1 N–H and O–H groups in total. The van der Waals surface area contributed by atoms with Crippen molar-refractivity contribution in [3.05, 3.63) is 35.9 Å². The molecule has 0 radical (unpaired) electrons. The van der Waals surface area contributed by atoms with Gasteiger partial charge in [0.2, 0.25) is 0 Å². The van der Waals surface area contributed by atoms with Crippen molar-refractivity contribution >= 4 is 14.4 Å². The van der Waals surface area contributed by atoms with Crippen LogP contribution in [-0.2, 0) is 15.6 Å². The zero-order valence-electron chi connectivity index (χ0n) is 20.1. The van der Waals surface area contributed by atoms with Crippen molar-refractivity contribution in [3.8, 4) is 0 Å². The minimum absolute atomic E-state index is 0.0816. The van der Waals surface area contributed by atoms with E-state index in [-0.39, 0.29) is 23.8 Å². The summed E-state index contributed by atoms with van der Waals surface area (Å²) in [6.45, 7) is 17.1. The van der Waals surface area contributed by atoms with E-state index in [0.717, 1.165) is 6.42 Å². The molecule has 1 amide bonds. The van der Waals surface area contributed by atoms with Crippen LogP contribution >= 0.6 is 0 Å². The van der Waals surface area contributed by atoms with Crippen molar-refractivity contribution < 1.29 is 19.1 Å². The molecule has 1 fully saturated rings. The summed E-state index contributed by atoms with van der Waals surface area (Å²) in [4.78, 5) is 14.8. The largest absolute Gasteiger partial charge is 0.444 e. The number of aliphatic hydroxyl groups is 1. The Morgan fingerprint density at radius 2 is 1.77 bits per heavy atom. The summed E-state index contributed by atoms with van der Waals surface area (Å²) in [5.74, 6) is 0. The molecule has 1 saturated heterocycles. The molecular weight excluding hydrogens is 394 g/mol. The first kappa shape index (κ1) is 24.9. The smallest absolute Gasteiger partial charge is 0.410 e. The van der Waals surface area contributed by atoms with Crippen molar-refractivity contribution in [2.24, 2.45) is 0 Å². The van der Waals surface area contributed by atoms with E-state index < -0.39 is 19.5 Å². The number of hydrogen-bond donors (Lipinski definition) is 1. The highest BCUT2D eigenvalue weighted by atomic mass is 28.4. The van der Waals surface area contributed by atoms with Crippen LogP contribution in [0.3, 0.4) is 0 Å². The van der Waals surface area contributed by atoms with Crippen LogP contribution in [0.15, 0.2) is 30.3 Å². The van der Waals surface area contributed by atoms with Gasteiger partial charge in [0.1, 0.15) is 5.60 Å². The van der Waals surface area contributed by atoms with Crippen molar-refractivity contribution in [3.63, 3.8) is 0 Å². The third-order valence-electron chi connectivity index (χ3n) is 6.46. The van der Waals surface area contributed by atoms with Gasteiger partial charge >= 0.3 is 6.09 Å². The highest BCUT2D eigenvalue weighted by molar-refractivity contribution is 6.74. The van der Waals surface area contributed by atoms with Gasteiger partial charge in [0.05, 0.1) is 18.2 Å². The lowest BCUT2D eigenvalue weighted by molar-refractivity contribution is -0.00694. The van der Waals surface area contributed by atoms with Crippen molar-refractivity contribution in [1.29, 1.82) is 0 Å². The molecule has 0 saturated carbocycles. The zero-order valence-corrected chi connectivity index (χ0v) is 21.1. The van der Waals surface area contributed by atoms with Gasteiger partial charge in [-0.3, -0.25) is 4.90 Å². The molecule has 1 heterocycles. The minimum atomic E-state index is -2.00. The normalized spacial score (nSPS) is 23.0. The Balaban J connectivity index is 2.27. The van der Waals surface area contributed by atoms with Crippen LogP contribution in [0.5, 0.6) is 0 Å². The second-order valence-electron chi connectivity index (χ2n) is 11.2. The van der Waals surface area contributed by atoms with Crippen molar-refractivity contribution in [1.82, 2.24) is 4.90 Å². The Hall–Kier alpha value is -1.37. The van der Waals surface area contributed by atoms with Crippen LogP contribution in [0.4, 0.5) is 4.79 Å². The molecule has 6 heteroatoms. The average Bonchev–Trinajstić information content (AvgIpc) is 2.97. The first-order chi connectivity index (χ1) is 13.7. The van der Waals surface area contributed by atoms with E-state index >= 15 is 0 Å². The molecule has 2 atom stereocenters. The number of carbonyl (C=O) groups excluding carboxylic acids is 1. The molecule has 1 aromatic carbocycles. The maximum absolute atomic E-state index is 13.1. The predicted molar refractivity (Wildman–Crippen MR) is 124 cm³/mol. The Labute approximate surface area is 183 Å². The molecule has 1 aromatic rings. The summed E-state index contributed by atoms with van der Waals surface area (Å²) in [5, 5.41) is 10.6. The molecule has 30 heavy (non-hydrogen) atoms. The number of aliphatic hydroxyl groups excluding tert-OH is 1. The van der Waals surface area contributed by atoms with Crippen LogP contribution in [-0.4, -0.2) is 54.8 Å². The van der Waals surface area contributed by atoms with E-state index in [1.165, 1.54) is 5.56 Å². The molecule has 1 aliphatic rings. The topological polar surface area (TPSA) is 59.0 Å². The molecule has 5 nitrogen and oxygen atoms in total. The van der Waals surface area contributed by atoms with Gasteiger partial charge < -0.3 is 14.3 Å². The molecular formula is C24H41NO4Si.